The number of benzene rings is 3. The molecule has 2 heteroatoms. The Morgan fingerprint density at radius 2 is 1.33 bits per heavy atom. The van der Waals surface area contributed by atoms with E-state index in [0.29, 0.717) is 18.0 Å². The summed E-state index contributed by atoms with van der Waals surface area (Å²) in [4.78, 5) is 12.3. The molecular formula is C22H21NO. The molecule has 2 nitrogen and oxygen atoms in total. The SMILES string of the molecule is CC(CNC(=O)c1ccc(-c2ccccc2)cc1)c1ccccc1. The molecule has 0 spiro atoms. The Kier molecular flexibility index (Phi) is 5.07. The molecule has 1 unspecified atom stereocenters. The first-order chi connectivity index (χ1) is 11.7. The molecule has 24 heavy (non-hydrogen) atoms. The van der Waals surface area contributed by atoms with Crippen molar-refractivity contribution in [3.05, 3.63) is 96.1 Å². The van der Waals surface area contributed by atoms with Crippen molar-refractivity contribution in [2.75, 3.05) is 6.54 Å². The van der Waals surface area contributed by atoms with Gasteiger partial charge in [0.2, 0.25) is 0 Å². The van der Waals surface area contributed by atoms with E-state index in [1.54, 1.807) is 0 Å². The van der Waals surface area contributed by atoms with Crippen LogP contribution in [-0.2, 0) is 0 Å². The number of hydrogen-bond donors (Lipinski definition) is 1. The maximum Gasteiger partial charge on any atom is 0.251 e. The highest BCUT2D eigenvalue weighted by molar-refractivity contribution is 5.94. The van der Waals surface area contributed by atoms with Crippen molar-refractivity contribution < 1.29 is 4.79 Å². The van der Waals surface area contributed by atoms with Gasteiger partial charge in [-0.3, -0.25) is 4.79 Å². The van der Waals surface area contributed by atoms with Gasteiger partial charge in [0, 0.05) is 12.1 Å². The molecule has 0 aromatic heterocycles. The standard InChI is InChI=1S/C22H21NO/c1-17(18-8-4-2-5-9-18)16-23-22(24)21-14-12-20(13-15-21)19-10-6-3-7-11-19/h2-15,17H,16H2,1H3,(H,23,24). The summed E-state index contributed by atoms with van der Waals surface area (Å²) in [5.41, 5.74) is 4.19. The molecule has 0 saturated carbocycles. The highest BCUT2D eigenvalue weighted by Crippen LogP contribution is 2.19. The van der Waals surface area contributed by atoms with Gasteiger partial charge < -0.3 is 5.32 Å². The second-order valence-electron chi connectivity index (χ2n) is 5.97. The average Bonchev–Trinajstić information content (AvgIpc) is 2.67. The Bertz CT molecular complexity index is 779. The molecule has 0 aliphatic carbocycles. The van der Waals surface area contributed by atoms with Gasteiger partial charge in [-0.2, -0.15) is 0 Å². The zero-order valence-corrected chi connectivity index (χ0v) is 13.8. The third-order valence-electron chi connectivity index (χ3n) is 4.19. The van der Waals surface area contributed by atoms with E-state index in [1.165, 1.54) is 5.56 Å². The first-order valence-electron chi connectivity index (χ1n) is 8.22. The number of hydrogen-bond acceptors (Lipinski definition) is 1. The van der Waals surface area contributed by atoms with Crippen LogP contribution in [0.3, 0.4) is 0 Å². The summed E-state index contributed by atoms with van der Waals surface area (Å²) >= 11 is 0. The zero-order valence-electron chi connectivity index (χ0n) is 13.8. The predicted molar refractivity (Wildman–Crippen MR) is 99.1 cm³/mol. The molecule has 1 N–H and O–H groups in total. The maximum atomic E-state index is 12.3. The van der Waals surface area contributed by atoms with Gasteiger partial charge in [-0.15, -0.1) is 0 Å². The van der Waals surface area contributed by atoms with Gasteiger partial charge in [0.15, 0.2) is 0 Å². The Labute approximate surface area is 143 Å². The van der Waals surface area contributed by atoms with Crippen molar-refractivity contribution >= 4 is 5.91 Å². The molecular weight excluding hydrogens is 294 g/mol. The molecule has 3 rings (SSSR count). The summed E-state index contributed by atoms with van der Waals surface area (Å²) in [6.45, 7) is 2.75. The van der Waals surface area contributed by atoms with Crippen molar-refractivity contribution in [1.29, 1.82) is 0 Å². The minimum atomic E-state index is -0.0302. The van der Waals surface area contributed by atoms with Gasteiger partial charge in [0.05, 0.1) is 0 Å². The van der Waals surface area contributed by atoms with Crippen LogP contribution < -0.4 is 5.32 Å². The number of carbonyl (C=O) groups excluding carboxylic acids is 1. The van der Waals surface area contributed by atoms with Crippen LogP contribution in [0.2, 0.25) is 0 Å². The van der Waals surface area contributed by atoms with E-state index in [2.05, 4.69) is 36.5 Å². The Morgan fingerprint density at radius 3 is 1.96 bits per heavy atom. The molecule has 1 amide bonds. The topological polar surface area (TPSA) is 29.1 Å². The van der Waals surface area contributed by atoms with Crippen LogP contribution in [0.25, 0.3) is 11.1 Å². The molecule has 0 saturated heterocycles. The first kappa shape index (κ1) is 16.0. The van der Waals surface area contributed by atoms with E-state index in [-0.39, 0.29) is 5.91 Å². The van der Waals surface area contributed by atoms with Crippen LogP contribution >= 0.6 is 0 Å². The van der Waals surface area contributed by atoms with Crippen molar-refractivity contribution in [3.63, 3.8) is 0 Å². The predicted octanol–water partition coefficient (Wildman–Crippen LogP) is 4.89. The van der Waals surface area contributed by atoms with Crippen LogP contribution in [0.4, 0.5) is 0 Å². The first-order valence-corrected chi connectivity index (χ1v) is 8.22. The van der Waals surface area contributed by atoms with Crippen molar-refractivity contribution in [2.45, 2.75) is 12.8 Å². The van der Waals surface area contributed by atoms with E-state index in [0.717, 1.165) is 11.1 Å². The number of rotatable bonds is 5. The summed E-state index contributed by atoms with van der Waals surface area (Å²) in [5, 5.41) is 3.02. The smallest absolute Gasteiger partial charge is 0.251 e. The fraction of sp³-hybridized carbons (Fsp3) is 0.136. The van der Waals surface area contributed by atoms with Gasteiger partial charge >= 0.3 is 0 Å². The van der Waals surface area contributed by atoms with Crippen LogP contribution in [-0.4, -0.2) is 12.5 Å². The second-order valence-corrected chi connectivity index (χ2v) is 5.97. The van der Waals surface area contributed by atoms with E-state index in [4.69, 9.17) is 0 Å². The van der Waals surface area contributed by atoms with Gasteiger partial charge in [-0.25, -0.2) is 0 Å². The summed E-state index contributed by atoms with van der Waals surface area (Å²) < 4.78 is 0. The summed E-state index contributed by atoms with van der Waals surface area (Å²) in [5.74, 6) is 0.260. The normalized spacial score (nSPS) is 11.7. The highest BCUT2D eigenvalue weighted by Gasteiger charge is 2.09. The summed E-state index contributed by atoms with van der Waals surface area (Å²) in [6.07, 6.45) is 0. The summed E-state index contributed by atoms with van der Waals surface area (Å²) in [6, 6.07) is 28.1. The molecule has 0 fully saturated rings. The maximum absolute atomic E-state index is 12.3. The second kappa shape index (κ2) is 7.60. The van der Waals surface area contributed by atoms with Gasteiger partial charge in [0.25, 0.3) is 5.91 Å². The molecule has 1 atom stereocenters. The minimum Gasteiger partial charge on any atom is -0.351 e. The van der Waals surface area contributed by atoms with Crippen molar-refractivity contribution in [2.24, 2.45) is 0 Å². The van der Waals surface area contributed by atoms with E-state index in [9.17, 15) is 4.79 Å². The van der Waals surface area contributed by atoms with Crippen LogP contribution in [0.5, 0.6) is 0 Å². The van der Waals surface area contributed by atoms with Crippen LogP contribution in [0, 0.1) is 0 Å². The molecule has 120 valence electrons. The Morgan fingerprint density at radius 1 is 0.792 bits per heavy atom. The number of carbonyl (C=O) groups is 1. The third kappa shape index (κ3) is 3.90. The molecule has 3 aromatic rings. The van der Waals surface area contributed by atoms with Crippen molar-refractivity contribution in [1.82, 2.24) is 5.32 Å². The highest BCUT2D eigenvalue weighted by atomic mass is 16.1. The average molecular weight is 315 g/mol. The zero-order chi connectivity index (χ0) is 16.8. The monoisotopic (exact) mass is 315 g/mol. The molecule has 0 bridgehead atoms. The van der Waals surface area contributed by atoms with Gasteiger partial charge in [-0.05, 0) is 34.7 Å². The lowest BCUT2D eigenvalue weighted by Crippen LogP contribution is -2.27. The molecule has 0 heterocycles. The van der Waals surface area contributed by atoms with Crippen LogP contribution in [0.1, 0.15) is 28.8 Å². The lowest BCUT2D eigenvalue weighted by Gasteiger charge is -2.13. The molecule has 0 aliphatic rings. The quantitative estimate of drug-likeness (QED) is 0.714. The van der Waals surface area contributed by atoms with Crippen molar-refractivity contribution in [3.8, 4) is 11.1 Å². The Hall–Kier alpha value is -2.87. The van der Waals surface area contributed by atoms with Gasteiger partial charge in [-0.1, -0.05) is 79.7 Å². The van der Waals surface area contributed by atoms with Crippen LogP contribution in [0.15, 0.2) is 84.9 Å². The summed E-state index contributed by atoms with van der Waals surface area (Å²) in [7, 11) is 0. The fourth-order valence-corrected chi connectivity index (χ4v) is 2.69. The minimum absolute atomic E-state index is 0.0302. The lowest BCUT2D eigenvalue weighted by molar-refractivity contribution is 0.0951. The Balaban J connectivity index is 1.61. The lowest BCUT2D eigenvalue weighted by atomic mass is 10.0. The van der Waals surface area contributed by atoms with E-state index >= 15 is 0 Å². The third-order valence-corrected chi connectivity index (χ3v) is 4.19. The van der Waals surface area contributed by atoms with E-state index in [1.807, 2.05) is 60.7 Å². The molecule has 0 aliphatic heterocycles. The number of amides is 1. The van der Waals surface area contributed by atoms with E-state index < -0.39 is 0 Å². The number of nitrogens with one attached hydrogen (secondary N) is 1. The molecule has 0 radical (unpaired) electrons. The largest absolute Gasteiger partial charge is 0.351 e. The molecule has 3 aromatic carbocycles. The fourth-order valence-electron chi connectivity index (χ4n) is 2.69. The van der Waals surface area contributed by atoms with Gasteiger partial charge in [0.1, 0.15) is 0 Å².